The van der Waals surface area contributed by atoms with Crippen LogP contribution >= 0.6 is 0 Å². The van der Waals surface area contributed by atoms with Gasteiger partial charge in [-0.15, -0.1) is 0 Å². The summed E-state index contributed by atoms with van der Waals surface area (Å²) in [5.41, 5.74) is 0.476. The molecule has 7 unspecified atom stereocenters. The molecule has 4 fully saturated rings. The largest absolute Gasteiger partial charge is 0.410 e. The molecule has 2 nitrogen and oxygen atoms in total. The second kappa shape index (κ2) is 7.30. The van der Waals surface area contributed by atoms with E-state index in [0.717, 1.165) is 30.6 Å². The van der Waals surface area contributed by atoms with Gasteiger partial charge in [-0.1, -0.05) is 44.2 Å². The molecule has 0 aliphatic heterocycles. The number of hydrogen-bond donors (Lipinski definition) is 0. The highest BCUT2D eigenvalue weighted by molar-refractivity contribution is 6.84. The summed E-state index contributed by atoms with van der Waals surface area (Å²) in [5, 5.41) is 1.42. The quantitative estimate of drug-likeness (QED) is 0.548. The first-order valence-corrected chi connectivity index (χ1v) is 15.4. The maximum Gasteiger partial charge on any atom is 0.218 e. The lowest BCUT2D eigenvalue weighted by Gasteiger charge is -2.60. The first kappa shape index (κ1) is 20.9. The van der Waals surface area contributed by atoms with Gasteiger partial charge in [0.15, 0.2) is 0 Å². The van der Waals surface area contributed by atoms with E-state index in [1.807, 2.05) is 0 Å². The van der Waals surface area contributed by atoms with E-state index >= 15 is 0 Å². The molecule has 0 aromatic heterocycles. The molecule has 0 N–H and O–H groups in total. The number of carbonyl (C=O) groups is 1. The lowest BCUT2D eigenvalue weighted by atomic mass is 9.45. The van der Waals surface area contributed by atoms with Crippen molar-refractivity contribution in [3.8, 4) is 0 Å². The average molecular weight is 425 g/mol. The Bertz CT molecular complexity index is 804. The lowest BCUT2D eigenvalue weighted by molar-refractivity contribution is -0.141. The Labute approximate surface area is 184 Å². The third-order valence-electron chi connectivity index (χ3n) is 10.3. The third kappa shape index (κ3) is 3.18. The van der Waals surface area contributed by atoms with Crippen molar-refractivity contribution in [2.45, 2.75) is 90.8 Å². The van der Waals surface area contributed by atoms with Gasteiger partial charge in [-0.05, 0) is 98.7 Å². The maximum absolute atomic E-state index is 12.6. The predicted octanol–water partition coefficient (Wildman–Crippen LogP) is 6.10. The molecule has 0 bridgehead atoms. The van der Waals surface area contributed by atoms with E-state index in [0.29, 0.717) is 23.2 Å². The van der Waals surface area contributed by atoms with Crippen LogP contribution in [0.3, 0.4) is 0 Å². The van der Waals surface area contributed by atoms with Gasteiger partial charge < -0.3 is 4.43 Å². The lowest BCUT2D eigenvalue weighted by Crippen LogP contribution is -2.55. The number of carbonyl (C=O) groups excluding carboxylic acids is 1. The number of fused-ring (bicyclic) bond motifs is 5. The van der Waals surface area contributed by atoms with Gasteiger partial charge in [0.25, 0.3) is 0 Å². The molecule has 1 aromatic carbocycles. The van der Waals surface area contributed by atoms with Crippen molar-refractivity contribution in [2.24, 2.45) is 34.5 Å². The van der Waals surface area contributed by atoms with E-state index in [-0.39, 0.29) is 5.41 Å². The van der Waals surface area contributed by atoms with Crippen molar-refractivity contribution in [1.29, 1.82) is 0 Å². The maximum atomic E-state index is 12.6. The van der Waals surface area contributed by atoms with E-state index in [4.69, 9.17) is 4.43 Å². The van der Waals surface area contributed by atoms with Crippen LogP contribution in [0.15, 0.2) is 30.3 Å². The molecular formula is C27H40O2Si. The van der Waals surface area contributed by atoms with Crippen LogP contribution in [0.25, 0.3) is 0 Å². The van der Waals surface area contributed by atoms with E-state index in [2.05, 4.69) is 57.3 Å². The van der Waals surface area contributed by atoms with E-state index in [9.17, 15) is 4.79 Å². The fourth-order valence-electron chi connectivity index (χ4n) is 8.42. The minimum atomic E-state index is -1.85. The molecule has 3 heteroatoms. The molecule has 1 aromatic rings. The SMILES string of the molecule is CC12CCC3C(CCC4CC(O[Si](C)(C)c5ccccc5)CCC43C)C1CCC2=O. The van der Waals surface area contributed by atoms with Gasteiger partial charge in [0.2, 0.25) is 8.32 Å². The molecule has 4 saturated carbocycles. The molecule has 7 atom stereocenters. The molecule has 164 valence electrons. The molecule has 0 spiro atoms. The molecule has 0 amide bonds. The Kier molecular flexibility index (Phi) is 5.10. The van der Waals surface area contributed by atoms with Gasteiger partial charge in [0, 0.05) is 17.9 Å². The normalized spacial score (nSPS) is 43.6. The van der Waals surface area contributed by atoms with Crippen LogP contribution in [0.2, 0.25) is 13.1 Å². The zero-order valence-corrected chi connectivity index (χ0v) is 20.5. The van der Waals surface area contributed by atoms with Gasteiger partial charge in [-0.3, -0.25) is 4.79 Å². The topological polar surface area (TPSA) is 26.3 Å². The number of Topliss-reactive ketones (excluding diaryl/α,β-unsaturated/α-hetero) is 1. The van der Waals surface area contributed by atoms with Crippen molar-refractivity contribution in [3.63, 3.8) is 0 Å². The highest BCUT2D eigenvalue weighted by Gasteiger charge is 2.60. The van der Waals surface area contributed by atoms with E-state index in [1.54, 1.807) is 0 Å². The van der Waals surface area contributed by atoms with Crippen LogP contribution in [-0.2, 0) is 9.22 Å². The number of rotatable bonds is 3. The summed E-state index contributed by atoms with van der Waals surface area (Å²) in [6.07, 6.45) is 11.4. The van der Waals surface area contributed by atoms with Gasteiger partial charge in [-0.25, -0.2) is 0 Å². The van der Waals surface area contributed by atoms with Crippen LogP contribution in [0.5, 0.6) is 0 Å². The van der Waals surface area contributed by atoms with Crippen LogP contribution in [-0.4, -0.2) is 20.2 Å². The molecule has 5 rings (SSSR count). The second-order valence-electron chi connectivity index (χ2n) is 12.0. The fourth-order valence-corrected chi connectivity index (χ4v) is 10.6. The van der Waals surface area contributed by atoms with Crippen molar-refractivity contribution < 1.29 is 9.22 Å². The van der Waals surface area contributed by atoms with Gasteiger partial charge >= 0.3 is 0 Å². The molecule has 0 radical (unpaired) electrons. The predicted molar refractivity (Wildman–Crippen MR) is 125 cm³/mol. The average Bonchev–Trinajstić information content (AvgIpc) is 3.03. The summed E-state index contributed by atoms with van der Waals surface area (Å²) in [5.74, 6) is 3.67. The minimum absolute atomic E-state index is 0.00991. The minimum Gasteiger partial charge on any atom is -0.410 e. The summed E-state index contributed by atoms with van der Waals surface area (Å²) in [4.78, 5) is 12.6. The summed E-state index contributed by atoms with van der Waals surface area (Å²) in [6, 6.07) is 10.9. The van der Waals surface area contributed by atoms with Crippen LogP contribution in [0, 0.1) is 34.5 Å². The van der Waals surface area contributed by atoms with Crippen LogP contribution in [0.1, 0.15) is 71.6 Å². The van der Waals surface area contributed by atoms with E-state index < -0.39 is 8.32 Å². The fraction of sp³-hybridized carbons (Fsp3) is 0.741. The summed E-state index contributed by atoms with van der Waals surface area (Å²) in [6.45, 7) is 9.65. The molecule has 30 heavy (non-hydrogen) atoms. The standard InChI is InChI=1S/C27H40O2Si/c1-26-16-14-20(29-30(3,4)21-8-6-5-7-9-21)18-19(26)10-11-22-23-12-13-25(28)27(23,2)17-15-24(22)26/h5-9,19-20,22-24H,10-18H2,1-4H3. The first-order chi connectivity index (χ1) is 14.2. The highest BCUT2D eigenvalue weighted by Crippen LogP contribution is 2.65. The zero-order chi connectivity index (χ0) is 21.1. The van der Waals surface area contributed by atoms with Crippen molar-refractivity contribution >= 4 is 19.3 Å². The molecular weight excluding hydrogens is 384 g/mol. The highest BCUT2D eigenvalue weighted by atomic mass is 28.4. The van der Waals surface area contributed by atoms with Gasteiger partial charge in [0.05, 0.1) is 0 Å². The first-order valence-electron chi connectivity index (χ1n) is 12.5. The Hall–Kier alpha value is -0.933. The molecule has 0 heterocycles. The summed E-state index contributed by atoms with van der Waals surface area (Å²) < 4.78 is 6.89. The Morgan fingerprint density at radius 2 is 1.70 bits per heavy atom. The van der Waals surface area contributed by atoms with Crippen molar-refractivity contribution in [2.75, 3.05) is 0 Å². The summed E-state index contributed by atoms with van der Waals surface area (Å²) in [7, 11) is -1.85. The van der Waals surface area contributed by atoms with Crippen LogP contribution < -0.4 is 5.19 Å². The van der Waals surface area contributed by atoms with E-state index in [1.165, 1.54) is 50.1 Å². The zero-order valence-electron chi connectivity index (χ0n) is 19.5. The van der Waals surface area contributed by atoms with Gasteiger partial charge in [0.1, 0.15) is 5.78 Å². The van der Waals surface area contributed by atoms with Crippen molar-refractivity contribution in [3.05, 3.63) is 30.3 Å². The number of hydrogen-bond acceptors (Lipinski definition) is 2. The third-order valence-corrected chi connectivity index (χ3v) is 12.9. The smallest absolute Gasteiger partial charge is 0.218 e. The number of benzene rings is 1. The van der Waals surface area contributed by atoms with Crippen molar-refractivity contribution in [1.82, 2.24) is 0 Å². The monoisotopic (exact) mass is 424 g/mol. The Balaban J connectivity index is 1.30. The van der Waals surface area contributed by atoms with Crippen LogP contribution in [0.4, 0.5) is 0 Å². The second-order valence-corrected chi connectivity index (χ2v) is 15.8. The number of ketones is 1. The van der Waals surface area contributed by atoms with Gasteiger partial charge in [-0.2, -0.15) is 0 Å². The molecule has 0 saturated heterocycles. The summed E-state index contributed by atoms with van der Waals surface area (Å²) >= 11 is 0. The molecule has 4 aliphatic rings. The Morgan fingerprint density at radius 1 is 0.933 bits per heavy atom. The molecule has 4 aliphatic carbocycles. The Morgan fingerprint density at radius 3 is 2.47 bits per heavy atom.